The fraction of sp³-hybridized carbons (Fsp3) is 0.308. The fourth-order valence-electron chi connectivity index (χ4n) is 1.61. The van der Waals surface area contributed by atoms with E-state index in [0.717, 1.165) is 0 Å². The molecule has 0 aliphatic carbocycles. The monoisotopic (exact) mass is 376 g/mol. The number of imide groups is 1. The van der Waals surface area contributed by atoms with Gasteiger partial charge in [0.1, 0.15) is 0 Å². The number of amides is 3. The molecule has 3 amide bonds. The third-order valence-corrected chi connectivity index (χ3v) is 3.38. The zero-order chi connectivity index (χ0) is 16.0. The number of hydrogen-bond acceptors (Lipinski definition) is 3. The van der Waals surface area contributed by atoms with Gasteiger partial charge in [-0.05, 0) is 40.0 Å². The molecule has 1 aromatic carbocycles. The number of carbonyl (C=O) groups excluding carboxylic acids is 2. The van der Waals surface area contributed by atoms with Gasteiger partial charge < -0.3 is 10.4 Å². The normalized spacial score (nSPS) is 11.6. The minimum absolute atomic E-state index is 0.0402. The molecule has 0 fully saturated rings. The maximum absolute atomic E-state index is 11.7. The molecule has 0 bridgehead atoms. The van der Waals surface area contributed by atoms with E-state index in [4.69, 9.17) is 16.7 Å². The summed E-state index contributed by atoms with van der Waals surface area (Å²) >= 11 is 9.01. The average molecular weight is 378 g/mol. The van der Waals surface area contributed by atoms with Crippen LogP contribution in [0.1, 0.15) is 19.8 Å². The molecule has 0 heterocycles. The predicted molar refractivity (Wildman–Crippen MR) is 82.3 cm³/mol. The van der Waals surface area contributed by atoms with Gasteiger partial charge >= 0.3 is 12.0 Å². The third-order valence-electron chi connectivity index (χ3n) is 2.49. The summed E-state index contributed by atoms with van der Waals surface area (Å²) in [5, 5.41) is 13.7. The zero-order valence-corrected chi connectivity index (χ0v) is 13.5. The summed E-state index contributed by atoms with van der Waals surface area (Å²) in [4.78, 5) is 33.7. The number of hydrogen-bond donors (Lipinski definition) is 3. The first kappa shape index (κ1) is 17.5. The van der Waals surface area contributed by atoms with Crippen molar-refractivity contribution in [1.29, 1.82) is 0 Å². The van der Waals surface area contributed by atoms with E-state index < -0.39 is 17.9 Å². The molecule has 0 radical (unpaired) electrons. The van der Waals surface area contributed by atoms with Gasteiger partial charge in [0.05, 0.1) is 5.69 Å². The Morgan fingerprint density at radius 3 is 2.57 bits per heavy atom. The standard InChI is InChI=1S/C13H14BrClN2O4/c1-7(5-12(19)20)4-11(18)17-13(21)16-10-3-2-8(15)6-9(10)14/h2-3,6-7H,4-5H2,1H3,(H,19,20)(H2,16,17,18,21). The molecule has 1 rings (SSSR count). The zero-order valence-electron chi connectivity index (χ0n) is 11.2. The van der Waals surface area contributed by atoms with E-state index in [1.165, 1.54) is 0 Å². The molecule has 1 aromatic rings. The highest BCUT2D eigenvalue weighted by molar-refractivity contribution is 9.10. The lowest BCUT2D eigenvalue weighted by atomic mass is 10.0. The van der Waals surface area contributed by atoms with Crippen molar-refractivity contribution in [2.45, 2.75) is 19.8 Å². The van der Waals surface area contributed by atoms with Crippen molar-refractivity contribution in [1.82, 2.24) is 5.32 Å². The van der Waals surface area contributed by atoms with Crippen LogP contribution in [0.2, 0.25) is 5.02 Å². The van der Waals surface area contributed by atoms with Crippen molar-refractivity contribution >= 4 is 51.1 Å². The summed E-state index contributed by atoms with van der Waals surface area (Å²) in [7, 11) is 0. The first-order chi connectivity index (χ1) is 9.77. The fourth-order valence-corrected chi connectivity index (χ4v) is 2.39. The van der Waals surface area contributed by atoms with Crippen molar-refractivity contribution in [3.63, 3.8) is 0 Å². The topological polar surface area (TPSA) is 95.5 Å². The van der Waals surface area contributed by atoms with E-state index in [0.29, 0.717) is 15.2 Å². The van der Waals surface area contributed by atoms with E-state index in [2.05, 4.69) is 26.6 Å². The van der Waals surface area contributed by atoms with Gasteiger partial charge in [-0.1, -0.05) is 18.5 Å². The highest BCUT2D eigenvalue weighted by Crippen LogP contribution is 2.25. The smallest absolute Gasteiger partial charge is 0.325 e. The molecule has 6 nitrogen and oxygen atoms in total. The first-order valence-electron chi connectivity index (χ1n) is 6.05. The second-order valence-electron chi connectivity index (χ2n) is 4.53. The van der Waals surface area contributed by atoms with Crippen molar-refractivity contribution in [3.05, 3.63) is 27.7 Å². The summed E-state index contributed by atoms with van der Waals surface area (Å²) in [6.45, 7) is 1.63. The molecular weight excluding hydrogens is 364 g/mol. The number of carboxylic acid groups (broad SMARTS) is 1. The number of urea groups is 1. The van der Waals surface area contributed by atoms with Crippen LogP contribution in [-0.4, -0.2) is 23.0 Å². The number of halogens is 2. The van der Waals surface area contributed by atoms with Crippen LogP contribution in [0.4, 0.5) is 10.5 Å². The quantitative estimate of drug-likeness (QED) is 0.734. The molecule has 0 spiro atoms. The van der Waals surface area contributed by atoms with Crippen molar-refractivity contribution in [3.8, 4) is 0 Å². The third kappa shape index (κ3) is 6.59. The van der Waals surface area contributed by atoms with Crippen molar-refractivity contribution in [2.75, 3.05) is 5.32 Å². The Hall–Kier alpha value is -1.60. The van der Waals surface area contributed by atoms with Gasteiger partial charge in [-0.25, -0.2) is 4.79 Å². The molecule has 0 aliphatic rings. The highest BCUT2D eigenvalue weighted by Gasteiger charge is 2.15. The minimum atomic E-state index is -0.982. The molecule has 0 saturated heterocycles. The Balaban J connectivity index is 2.49. The SMILES string of the molecule is CC(CC(=O)O)CC(=O)NC(=O)Nc1ccc(Cl)cc1Br. The number of benzene rings is 1. The molecule has 0 saturated carbocycles. The number of nitrogens with one attached hydrogen (secondary N) is 2. The second-order valence-corrected chi connectivity index (χ2v) is 5.82. The number of carboxylic acids is 1. The van der Waals surface area contributed by atoms with Crippen LogP contribution in [0.15, 0.2) is 22.7 Å². The van der Waals surface area contributed by atoms with Crippen LogP contribution < -0.4 is 10.6 Å². The minimum Gasteiger partial charge on any atom is -0.481 e. The van der Waals surface area contributed by atoms with E-state index in [1.54, 1.807) is 25.1 Å². The number of rotatable bonds is 5. The van der Waals surface area contributed by atoms with Gasteiger partial charge in [-0.2, -0.15) is 0 Å². The summed E-state index contributed by atoms with van der Waals surface area (Å²) in [6, 6.07) is 4.10. The number of carbonyl (C=O) groups is 3. The van der Waals surface area contributed by atoms with Crippen LogP contribution >= 0.6 is 27.5 Å². The summed E-state index contributed by atoms with van der Waals surface area (Å²) in [5.41, 5.74) is 0.461. The molecule has 1 unspecified atom stereocenters. The lowest BCUT2D eigenvalue weighted by molar-refractivity contribution is -0.138. The molecule has 114 valence electrons. The largest absolute Gasteiger partial charge is 0.481 e. The van der Waals surface area contributed by atoms with E-state index in [1.807, 2.05) is 0 Å². The Morgan fingerprint density at radius 1 is 1.33 bits per heavy atom. The van der Waals surface area contributed by atoms with E-state index in [-0.39, 0.29) is 18.8 Å². The maximum atomic E-state index is 11.7. The molecule has 0 aliphatic heterocycles. The Bertz CT molecular complexity index is 565. The molecular formula is C13H14BrClN2O4. The van der Waals surface area contributed by atoms with Crippen LogP contribution in [0.5, 0.6) is 0 Å². The molecule has 3 N–H and O–H groups in total. The predicted octanol–water partition coefficient (Wildman–Crippen LogP) is 3.25. The van der Waals surface area contributed by atoms with Crippen LogP contribution in [0, 0.1) is 5.92 Å². The van der Waals surface area contributed by atoms with Gasteiger partial charge in [-0.3, -0.25) is 14.9 Å². The molecule has 0 aromatic heterocycles. The van der Waals surface area contributed by atoms with Crippen molar-refractivity contribution < 1.29 is 19.5 Å². The molecule has 1 atom stereocenters. The van der Waals surface area contributed by atoms with Gasteiger partial charge in [0, 0.05) is 22.3 Å². The van der Waals surface area contributed by atoms with E-state index >= 15 is 0 Å². The Kier molecular flexibility index (Phi) is 6.64. The average Bonchev–Trinajstić information content (AvgIpc) is 2.31. The number of anilines is 1. The lowest BCUT2D eigenvalue weighted by Crippen LogP contribution is -2.35. The lowest BCUT2D eigenvalue weighted by Gasteiger charge is -2.10. The van der Waals surface area contributed by atoms with Gasteiger partial charge in [0.15, 0.2) is 0 Å². The summed E-state index contributed by atoms with van der Waals surface area (Å²) in [6.07, 6.45) is -0.167. The Labute approximate surface area is 135 Å². The van der Waals surface area contributed by atoms with Crippen LogP contribution in [0.3, 0.4) is 0 Å². The second kappa shape index (κ2) is 7.99. The first-order valence-corrected chi connectivity index (χ1v) is 7.22. The van der Waals surface area contributed by atoms with Gasteiger partial charge in [0.25, 0.3) is 0 Å². The highest BCUT2D eigenvalue weighted by atomic mass is 79.9. The number of aliphatic carboxylic acids is 1. The molecule has 8 heteroatoms. The molecule has 21 heavy (non-hydrogen) atoms. The maximum Gasteiger partial charge on any atom is 0.325 e. The summed E-state index contributed by atoms with van der Waals surface area (Å²) < 4.78 is 0.580. The van der Waals surface area contributed by atoms with Gasteiger partial charge in [-0.15, -0.1) is 0 Å². The van der Waals surface area contributed by atoms with Crippen LogP contribution in [-0.2, 0) is 9.59 Å². The Morgan fingerprint density at radius 2 is 2.00 bits per heavy atom. The van der Waals surface area contributed by atoms with Crippen LogP contribution in [0.25, 0.3) is 0 Å². The van der Waals surface area contributed by atoms with Crippen molar-refractivity contribution in [2.24, 2.45) is 5.92 Å². The van der Waals surface area contributed by atoms with Gasteiger partial charge in [0.2, 0.25) is 5.91 Å². The summed E-state index contributed by atoms with van der Waals surface area (Å²) in [5.74, 6) is -1.87. The van der Waals surface area contributed by atoms with E-state index in [9.17, 15) is 14.4 Å².